The maximum absolute atomic E-state index is 5.71. The molecule has 1 aromatic heterocycles. The average molecular weight is 293 g/mol. The van der Waals surface area contributed by atoms with Crippen molar-refractivity contribution >= 4 is 0 Å². The van der Waals surface area contributed by atoms with Crippen LogP contribution in [0.4, 0.5) is 0 Å². The number of hydrogen-bond acceptors (Lipinski definition) is 7. The third-order valence-corrected chi connectivity index (χ3v) is 2.91. The minimum atomic E-state index is 0.141. The van der Waals surface area contributed by atoms with Gasteiger partial charge in [-0.05, 0) is 17.7 Å². The molecule has 21 heavy (non-hydrogen) atoms. The Balaban J connectivity index is 2.21. The van der Waals surface area contributed by atoms with Gasteiger partial charge in [0.2, 0.25) is 11.6 Å². The molecule has 0 aliphatic heterocycles. The summed E-state index contributed by atoms with van der Waals surface area (Å²) < 4.78 is 21.7. The van der Waals surface area contributed by atoms with Crippen molar-refractivity contribution in [1.82, 2.24) is 10.2 Å². The van der Waals surface area contributed by atoms with Crippen LogP contribution >= 0.6 is 0 Å². The Bertz CT molecular complexity index is 573. The summed E-state index contributed by atoms with van der Waals surface area (Å²) in [5.74, 6) is 2.55. The van der Waals surface area contributed by atoms with E-state index in [1.807, 2.05) is 19.1 Å². The molecule has 7 heteroatoms. The fourth-order valence-electron chi connectivity index (χ4n) is 1.82. The van der Waals surface area contributed by atoms with Crippen molar-refractivity contribution in [2.45, 2.75) is 26.5 Å². The van der Waals surface area contributed by atoms with E-state index in [9.17, 15) is 0 Å². The molecule has 114 valence electrons. The highest BCUT2D eigenvalue weighted by molar-refractivity contribution is 5.53. The number of aryl methyl sites for hydroxylation is 1. The molecule has 0 fully saturated rings. The van der Waals surface area contributed by atoms with Crippen LogP contribution < -0.4 is 19.9 Å². The first-order valence-electron chi connectivity index (χ1n) is 6.60. The number of ether oxygens (including phenoxy) is 3. The van der Waals surface area contributed by atoms with Gasteiger partial charge in [0, 0.05) is 13.0 Å². The van der Waals surface area contributed by atoms with Gasteiger partial charge < -0.3 is 24.4 Å². The van der Waals surface area contributed by atoms with Crippen LogP contribution in [-0.2, 0) is 19.6 Å². The summed E-state index contributed by atoms with van der Waals surface area (Å²) in [6.07, 6.45) is 0.685. The molecule has 0 spiro atoms. The highest BCUT2D eigenvalue weighted by Gasteiger charge is 2.15. The fraction of sp³-hybridized carbons (Fsp3) is 0.429. The van der Waals surface area contributed by atoms with E-state index < -0.39 is 0 Å². The van der Waals surface area contributed by atoms with Gasteiger partial charge in [0.1, 0.15) is 0 Å². The summed E-state index contributed by atoms with van der Waals surface area (Å²) in [5, 5.41) is 7.79. The van der Waals surface area contributed by atoms with Gasteiger partial charge in [0.25, 0.3) is 5.89 Å². The lowest BCUT2D eigenvalue weighted by atomic mass is 10.2. The minimum absolute atomic E-state index is 0.141. The van der Waals surface area contributed by atoms with Gasteiger partial charge >= 0.3 is 0 Å². The van der Waals surface area contributed by atoms with E-state index in [4.69, 9.17) is 24.4 Å². The lowest BCUT2D eigenvalue weighted by molar-refractivity contribution is 0.234. The van der Waals surface area contributed by atoms with Crippen LogP contribution in [0.5, 0.6) is 17.2 Å². The number of aromatic nitrogens is 2. The van der Waals surface area contributed by atoms with Gasteiger partial charge in [0.15, 0.2) is 18.1 Å². The fourth-order valence-corrected chi connectivity index (χ4v) is 1.82. The number of methoxy groups -OCH3 is 2. The zero-order valence-electron chi connectivity index (χ0n) is 12.4. The molecule has 2 aromatic rings. The predicted octanol–water partition coefficient (Wildman–Crippen LogP) is 1.69. The van der Waals surface area contributed by atoms with Crippen LogP contribution in [0, 0.1) is 0 Å². The monoisotopic (exact) mass is 293 g/mol. The largest absolute Gasteiger partial charge is 0.493 e. The molecule has 7 nitrogen and oxygen atoms in total. The third kappa shape index (κ3) is 3.43. The lowest BCUT2D eigenvalue weighted by Gasteiger charge is -2.14. The standard InChI is InChI=1S/C14H19N3O4/c1-4-12-16-17-13(21-12)8-20-14-10(18-2)5-9(7-15)6-11(14)19-3/h5-6H,4,7-8,15H2,1-3H3. The Labute approximate surface area is 123 Å². The number of hydrogen-bond donors (Lipinski definition) is 1. The number of nitrogens with zero attached hydrogens (tertiary/aromatic N) is 2. The van der Waals surface area contributed by atoms with Gasteiger partial charge in [-0.15, -0.1) is 10.2 Å². The van der Waals surface area contributed by atoms with Crippen molar-refractivity contribution in [3.63, 3.8) is 0 Å². The normalized spacial score (nSPS) is 10.5. The van der Waals surface area contributed by atoms with E-state index in [-0.39, 0.29) is 6.61 Å². The quantitative estimate of drug-likeness (QED) is 0.830. The van der Waals surface area contributed by atoms with E-state index in [1.54, 1.807) is 14.2 Å². The molecular formula is C14H19N3O4. The van der Waals surface area contributed by atoms with E-state index >= 15 is 0 Å². The van der Waals surface area contributed by atoms with Crippen molar-refractivity contribution in [3.05, 3.63) is 29.5 Å². The summed E-state index contributed by atoms with van der Waals surface area (Å²) in [7, 11) is 3.12. The summed E-state index contributed by atoms with van der Waals surface area (Å²) in [6, 6.07) is 3.62. The second kappa shape index (κ2) is 6.94. The van der Waals surface area contributed by atoms with Crippen molar-refractivity contribution < 1.29 is 18.6 Å². The second-order valence-corrected chi connectivity index (χ2v) is 4.27. The molecule has 0 bridgehead atoms. The SMILES string of the molecule is CCc1nnc(COc2c(OC)cc(CN)cc2OC)o1. The summed E-state index contributed by atoms with van der Waals surface area (Å²) in [6.45, 7) is 2.47. The van der Waals surface area contributed by atoms with Gasteiger partial charge in [-0.2, -0.15) is 0 Å². The molecule has 0 saturated heterocycles. The van der Waals surface area contributed by atoms with Gasteiger partial charge in [0.05, 0.1) is 14.2 Å². The Kier molecular flexibility index (Phi) is 4.99. The van der Waals surface area contributed by atoms with Crippen molar-refractivity contribution in [2.24, 2.45) is 5.73 Å². The molecule has 1 heterocycles. The molecule has 0 radical (unpaired) electrons. The topological polar surface area (TPSA) is 92.6 Å². The van der Waals surface area contributed by atoms with Crippen molar-refractivity contribution in [3.8, 4) is 17.2 Å². The van der Waals surface area contributed by atoms with Crippen LogP contribution in [0.3, 0.4) is 0 Å². The first-order valence-corrected chi connectivity index (χ1v) is 6.60. The Hall–Kier alpha value is -2.28. The first-order chi connectivity index (χ1) is 10.2. The summed E-state index contributed by atoms with van der Waals surface area (Å²) >= 11 is 0. The molecule has 0 saturated carbocycles. The molecular weight excluding hydrogens is 274 g/mol. The van der Waals surface area contributed by atoms with E-state index in [0.29, 0.717) is 42.0 Å². The van der Waals surface area contributed by atoms with Gasteiger partial charge in [-0.25, -0.2) is 0 Å². The smallest absolute Gasteiger partial charge is 0.253 e. The maximum atomic E-state index is 5.71. The molecule has 0 atom stereocenters. The molecule has 2 N–H and O–H groups in total. The Morgan fingerprint density at radius 1 is 1.10 bits per heavy atom. The molecule has 0 aliphatic rings. The second-order valence-electron chi connectivity index (χ2n) is 4.27. The van der Waals surface area contributed by atoms with Crippen molar-refractivity contribution in [1.29, 1.82) is 0 Å². The zero-order chi connectivity index (χ0) is 15.2. The van der Waals surface area contributed by atoms with Crippen LogP contribution in [0.25, 0.3) is 0 Å². The molecule has 0 unspecified atom stereocenters. The number of benzene rings is 1. The minimum Gasteiger partial charge on any atom is -0.493 e. The van der Waals surface area contributed by atoms with Gasteiger partial charge in [-0.3, -0.25) is 0 Å². The molecule has 0 amide bonds. The maximum Gasteiger partial charge on any atom is 0.253 e. The number of rotatable bonds is 7. The van der Waals surface area contributed by atoms with Crippen LogP contribution in [0.2, 0.25) is 0 Å². The average Bonchev–Trinajstić information content (AvgIpc) is 2.99. The molecule has 0 aliphatic carbocycles. The summed E-state index contributed by atoms with van der Waals surface area (Å²) in [5.41, 5.74) is 6.54. The Morgan fingerprint density at radius 3 is 2.19 bits per heavy atom. The highest BCUT2D eigenvalue weighted by Crippen LogP contribution is 2.38. The first kappa shape index (κ1) is 15.1. The van der Waals surface area contributed by atoms with E-state index in [1.165, 1.54) is 0 Å². The van der Waals surface area contributed by atoms with E-state index in [2.05, 4.69) is 10.2 Å². The molecule has 2 rings (SSSR count). The lowest BCUT2D eigenvalue weighted by Crippen LogP contribution is -2.03. The van der Waals surface area contributed by atoms with E-state index in [0.717, 1.165) is 5.56 Å². The molecule has 1 aromatic carbocycles. The number of nitrogens with two attached hydrogens (primary N) is 1. The summed E-state index contributed by atoms with van der Waals surface area (Å²) in [4.78, 5) is 0. The van der Waals surface area contributed by atoms with Crippen LogP contribution in [-0.4, -0.2) is 24.4 Å². The van der Waals surface area contributed by atoms with Crippen LogP contribution in [0.1, 0.15) is 24.3 Å². The Morgan fingerprint density at radius 2 is 1.71 bits per heavy atom. The van der Waals surface area contributed by atoms with Crippen molar-refractivity contribution in [2.75, 3.05) is 14.2 Å². The highest BCUT2D eigenvalue weighted by atomic mass is 16.5. The zero-order valence-corrected chi connectivity index (χ0v) is 12.4. The predicted molar refractivity (Wildman–Crippen MR) is 75.4 cm³/mol. The third-order valence-electron chi connectivity index (χ3n) is 2.91. The van der Waals surface area contributed by atoms with Crippen LogP contribution in [0.15, 0.2) is 16.5 Å². The van der Waals surface area contributed by atoms with Gasteiger partial charge in [-0.1, -0.05) is 6.92 Å².